The molecule has 0 spiro atoms. The largest absolute Gasteiger partial charge is 0.339 e. The van der Waals surface area contributed by atoms with E-state index in [1.54, 1.807) is 0 Å². The summed E-state index contributed by atoms with van der Waals surface area (Å²) in [5, 5.41) is 4.12. The minimum Gasteiger partial charge on any atom is -0.339 e. The van der Waals surface area contributed by atoms with Crippen LogP contribution >= 0.6 is 31.9 Å². The van der Waals surface area contributed by atoms with Crippen LogP contribution in [0.4, 0.5) is 0 Å². The van der Waals surface area contributed by atoms with E-state index in [0.717, 1.165) is 33.9 Å². The Morgan fingerprint density at radius 3 is 2.41 bits per heavy atom. The van der Waals surface area contributed by atoms with E-state index in [2.05, 4.69) is 42.0 Å². The van der Waals surface area contributed by atoms with Crippen molar-refractivity contribution in [3.05, 3.63) is 68.9 Å². The fourth-order valence-electron chi connectivity index (χ4n) is 3.26. The number of amides is 1. The Labute approximate surface area is 174 Å². The van der Waals surface area contributed by atoms with Crippen LogP contribution in [-0.4, -0.2) is 34.0 Å². The first-order chi connectivity index (χ1) is 13.1. The van der Waals surface area contributed by atoms with Crippen molar-refractivity contribution in [2.75, 3.05) is 13.1 Å². The van der Waals surface area contributed by atoms with Gasteiger partial charge in [-0.15, -0.1) is 0 Å². The zero-order chi connectivity index (χ0) is 18.8. The minimum absolute atomic E-state index is 0.0415. The third kappa shape index (κ3) is 4.14. The predicted molar refractivity (Wildman–Crippen MR) is 109 cm³/mol. The maximum atomic E-state index is 12.8. The summed E-state index contributed by atoms with van der Waals surface area (Å²) in [6.07, 6.45) is 1.86. The Morgan fingerprint density at radius 1 is 1.04 bits per heavy atom. The highest BCUT2D eigenvalue weighted by molar-refractivity contribution is 9.10. The molecule has 1 saturated heterocycles. The SMILES string of the molecule is O=C(c1ccc(Br)cc1)N1CCCC(c2nc(-c3ccc(Br)cc3)no2)C1. The Kier molecular flexibility index (Phi) is 5.41. The molecule has 2 aromatic carbocycles. The van der Waals surface area contributed by atoms with Gasteiger partial charge in [0.2, 0.25) is 11.7 Å². The first-order valence-electron chi connectivity index (χ1n) is 8.74. The summed E-state index contributed by atoms with van der Waals surface area (Å²) in [4.78, 5) is 19.2. The highest BCUT2D eigenvalue weighted by atomic mass is 79.9. The third-order valence-electron chi connectivity index (χ3n) is 4.69. The number of halogens is 2. The molecule has 0 saturated carbocycles. The van der Waals surface area contributed by atoms with Gasteiger partial charge in [-0.1, -0.05) is 37.0 Å². The van der Waals surface area contributed by atoms with Crippen LogP contribution in [0.2, 0.25) is 0 Å². The molecular weight excluding hydrogens is 474 g/mol. The molecule has 1 amide bonds. The van der Waals surface area contributed by atoms with E-state index in [0.29, 0.717) is 23.8 Å². The quantitative estimate of drug-likeness (QED) is 0.501. The Bertz CT molecular complexity index is 939. The summed E-state index contributed by atoms with van der Waals surface area (Å²) >= 11 is 6.83. The molecule has 1 aliphatic heterocycles. The molecular formula is C20H17Br2N3O2. The van der Waals surface area contributed by atoms with Crippen molar-refractivity contribution in [2.45, 2.75) is 18.8 Å². The third-order valence-corrected chi connectivity index (χ3v) is 5.75. The summed E-state index contributed by atoms with van der Waals surface area (Å²) in [6, 6.07) is 15.2. The first-order valence-corrected chi connectivity index (χ1v) is 10.3. The monoisotopic (exact) mass is 489 g/mol. The van der Waals surface area contributed by atoms with Gasteiger partial charge in [0.05, 0.1) is 5.92 Å². The van der Waals surface area contributed by atoms with E-state index in [9.17, 15) is 4.79 Å². The Balaban J connectivity index is 1.49. The van der Waals surface area contributed by atoms with Crippen LogP contribution in [0.25, 0.3) is 11.4 Å². The Morgan fingerprint density at radius 2 is 1.70 bits per heavy atom. The molecule has 1 aromatic heterocycles. The molecule has 1 unspecified atom stereocenters. The molecule has 3 aromatic rings. The summed E-state index contributed by atoms with van der Waals surface area (Å²) < 4.78 is 7.49. The molecule has 0 N–H and O–H groups in total. The van der Waals surface area contributed by atoms with Crippen molar-refractivity contribution >= 4 is 37.8 Å². The number of piperidine rings is 1. The number of carbonyl (C=O) groups is 1. The normalized spacial score (nSPS) is 17.1. The van der Waals surface area contributed by atoms with Crippen molar-refractivity contribution in [1.29, 1.82) is 0 Å². The van der Waals surface area contributed by atoms with E-state index >= 15 is 0 Å². The molecule has 1 atom stereocenters. The molecule has 27 heavy (non-hydrogen) atoms. The zero-order valence-corrected chi connectivity index (χ0v) is 17.6. The van der Waals surface area contributed by atoms with Crippen LogP contribution in [0.1, 0.15) is 35.0 Å². The van der Waals surface area contributed by atoms with Crippen LogP contribution in [0.15, 0.2) is 62.0 Å². The highest BCUT2D eigenvalue weighted by Gasteiger charge is 2.29. The topological polar surface area (TPSA) is 59.2 Å². The standard InChI is InChI=1S/C20H17Br2N3O2/c21-16-7-3-13(4-8-16)18-23-19(27-24-18)15-2-1-11-25(12-15)20(26)14-5-9-17(22)10-6-14/h3-10,15H,1-2,11-12H2. The van der Waals surface area contributed by atoms with E-state index in [-0.39, 0.29) is 11.8 Å². The van der Waals surface area contributed by atoms with Gasteiger partial charge in [0, 0.05) is 33.2 Å². The number of hydrogen-bond acceptors (Lipinski definition) is 4. The first kappa shape index (κ1) is 18.4. The highest BCUT2D eigenvalue weighted by Crippen LogP contribution is 2.29. The van der Waals surface area contributed by atoms with Gasteiger partial charge in [-0.25, -0.2) is 0 Å². The second kappa shape index (κ2) is 7.94. The fourth-order valence-corrected chi connectivity index (χ4v) is 3.78. The van der Waals surface area contributed by atoms with Gasteiger partial charge in [-0.3, -0.25) is 4.79 Å². The van der Waals surface area contributed by atoms with Crippen molar-refractivity contribution in [1.82, 2.24) is 15.0 Å². The van der Waals surface area contributed by atoms with Crippen molar-refractivity contribution in [2.24, 2.45) is 0 Å². The molecule has 5 nitrogen and oxygen atoms in total. The van der Waals surface area contributed by atoms with Crippen LogP contribution in [0, 0.1) is 0 Å². The second-order valence-corrected chi connectivity index (χ2v) is 8.39. The van der Waals surface area contributed by atoms with E-state index in [1.165, 1.54) is 0 Å². The minimum atomic E-state index is 0.0415. The van der Waals surface area contributed by atoms with Crippen molar-refractivity contribution < 1.29 is 9.32 Å². The molecule has 4 rings (SSSR count). The zero-order valence-electron chi connectivity index (χ0n) is 14.4. The van der Waals surface area contributed by atoms with Gasteiger partial charge in [0.15, 0.2) is 0 Å². The van der Waals surface area contributed by atoms with Crippen LogP contribution in [0.3, 0.4) is 0 Å². The van der Waals surface area contributed by atoms with Crippen LogP contribution in [-0.2, 0) is 0 Å². The lowest BCUT2D eigenvalue weighted by Crippen LogP contribution is -2.39. The molecule has 2 heterocycles. The van der Waals surface area contributed by atoms with Crippen molar-refractivity contribution in [3.8, 4) is 11.4 Å². The number of hydrogen-bond donors (Lipinski definition) is 0. The summed E-state index contributed by atoms with van der Waals surface area (Å²) in [6.45, 7) is 1.34. The van der Waals surface area contributed by atoms with Gasteiger partial charge >= 0.3 is 0 Å². The molecule has 0 radical (unpaired) electrons. The molecule has 1 aliphatic rings. The molecule has 138 valence electrons. The fraction of sp³-hybridized carbons (Fsp3) is 0.250. The average molecular weight is 491 g/mol. The Hall–Kier alpha value is -1.99. The summed E-state index contributed by atoms with van der Waals surface area (Å²) in [5.74, 6) is 1.28. The number of rotatable bonds is 3. The van der Waals surface area contributed by atoms with Crippen LogP contribution < -0.4 is 0 Å². The maximum Gasteiger partial charge on any atom is 0.253 e. The summed E-state index contributed by atoms with van der Waals surface area (Å²) in [5.41, 5.74) is 1.60. The molecule has 1 fully saturated rings. The number of nitrogens with zero attached hydrogens (tertiary/aromatic N) is 3. The lowest BCUT2D eigenvalue weighted by atomic mass is 9.97. The smallest absolute Gasteiger partial charge is 0.253 e. The van der Waals surface area contributed by atoms with Crippen LogP contribution in [0.5, 0.6) is 0 Å². The molecule has 7 heteroatoms. The van der Waals surface area contributed by atoms with Gasteiger partial charge in [0.25, 0.3) is 5.91 Å². The number of likely N-dealkylation sites (tertiary alicyclic amines) is 1. The number of benzene rings is 2. The van der Waals surface area contributed by atoms with E-state index in [1.807, 2.05) is 53.4 Å². The molecule has 0 aliphatic carbocycles. The van der Waals surface area contributed by atoms with Gasteiger partial charge < -0.3 is 9.42 Å². The van der Waals surface area contributed by atoms with Gasteiger partial charge in [-0.2, -0.15) is 4.98 Å². The maximum absolute atomic E-state index is 12.8. The average Bonchev–Trinajstić information content (AvgIpc) is 3.19. The summed E-state index contributed by atoms with van der Waals surface area (Å²) in [7, 11) is 0. The van der Waals surface area contributed by atoms with Gasteiger partial charge in [0.1, 0.15) is 0 Å². The lowest BCUT2D eigenvalue weighted by Gasteiger charge is -2.31. The predicted octanol–water partition coefficient (Wildman–Crippen LogP) is 5.28. The van der Waals surface area contributed by atoms with E-state index < -0.39 is 0 Å². The van der Waals surface area contributed by atoms with E-state index in [4.69, 9.17) is 4.52 Å². The lowest BCUT2D eigenvalue weighted by molar-refractivity contribution is 0.0695. The second-order valence-electron chi connectivity index (χ2n) is 6.56. The number of aromatic nitrogens is 2. The number of carbonyl (C=O) groups excluding carboxylic acids is 1. The van der Waals surface area contributed by atoms with Gasteiger partial charge in [-0.05, 0) is 61.4 Å². The molecule has 0 bridgehead atoms. The van der Waals surface area contributed by atoms with Crippen molar-refractivity contribution in [3.63, 3.8) is 0 Å².